The highest BCUT2D eigenvalue weighted by Gasteiger charge is 2.07. The van der Waals surface area contributed by atoms with Gasteiger partial charge in [-0.15, -0.1) is 0 Å². The summed E-state index contributed by atoms with van der Waals surface area (Å²) >= 11 is 0. The van der Waals surface area contributed by atoms with Crippen molar-refractivity contribution >= 4 is 0 Å². The first-order valence-corrected chi connectivity index (χ1v) is 8.82. The van der Waals surface area contributed by atoms with Crippen LogP contribution in [0.2, 0.25) is 0 Å². The summed E-state index contributed by atoms with van der Waals surface area (Å²) in [5.74, 6) is 0. The number of aryl methyl sites for hydroxylation is 4. The predicted molar refractivity (Wildman–Crippen MR) is 97.8 cm³/mol. The molecule has 0 saturated heterocycles. The van der Waals surface area contributed by atoms with E-state index >= 15 is 0 Å². The Labute approximate surface area is 136 Å². The van der Waals surface area contributed by atoms with Crippen LogP contribution in [0.3, 0.4) is 0 Å². The number of hydrogen-bond donors (Lipinski definition) is 0. The summed E-state index contributed by atoms with van der Waals surface area (Å²) in [6.45, 7) is 9.10. The van der Waals surface area contributed by atoms with Gasteiger partial charge < -0.3 is 0 Å². The van der Waals surface area contributed by atoms with Gasteiger partial charge in [-0.3, -0.25) is 0 Å². The van der Waals surface area contributed by atoms with E-state index in [1.54, 1.807) is 0 Å². The molecule has 0 N–H and O–H groups in total. The van der Waals surface area contributed by atoms with Gasteiger partial charge in [0.15, 0.2) is 0 Å². The van der Waals surface area contributed by atoms with Crippen LogP contribution in [0.1, 0.15) is 60.1 Å². The molecule has 0 saturated carbocycles. The molecular weight excluding hydrogens is 264 g/mol. The van der Waals surface area contributed by atoms with Crippen molar-refractivity contribution in [3.8, 4) is 0 Å². The van der Waals surface area contributed by atoms with Gasteiger partial charge in [0.05, 0.1) is 0 Å². The van der Waals surface area contributed by atoms with E-state index in [1.165, 1.54) is 59.1 Å². The van der Waals surface area contributed by atoms with Crippen molar-refractivity contribution in [1.29, 1.82) is 0 Å². The molecule has 0 bridgehead atoms. The van der Waals surface area contributed by atoms with Crippen LogP contribution in [0.4, 0.5) is 0 Å². The standard InChI is InChI=1S/C22H30/c1-5-9-19-11-7-13-21(17(19)3)15-16-22-14-8-12-20(10-6-2)18(22)4/h7-8,11-14H,5-6,9-10,15-16H2,1-4H3. The van der Waals surface area contributed by atoms with Gasteiger partial charge in [-0.1, -0.05) is 63.1 Å². The first-order chi connectivity index (χ1) is 10.7. The van der Waals surface area contributed by atoms with E-state index < -0.39 is 0 Å². The number of hydrogen-bond acceptors (Lipinski definition) is 0. The maximum Gasteiger partial charge on any atom is -0.0235 e. The Hall–Kier alpha value is -1.56. The minimum Gasteiger partial charge on any atom is -0.0651 e. The van der Waals surface area contributed by atoms with Crippen molar-refractivity contribution in [2.24, 2.45) is 0 Å². The Morgan fingerprint density at radius 3 is 1.18 bits per heavy atom. The molecule has 0 heterocycles. The molecule has 0 aromatic heterocycles. The summed E-state index contributed by atoms with van der Waals surface area (Å²) in [6, 6.07) is 13.6. The van der Waals surface area contributed by atoms with Crippen LogP contribution >= 0.6 is 0 Å². The maximum absolute atomic E-state index is 2.31. The lowest BCUT2D eigenvalue weighted by Crippen LogP contribution is -2.01. The van der Waals surface area contributed by atoms with Crippen molar-refractivity contribution < 1.29 is 0 Å². The molecule has 2 aromatic rings. The molecule has 0 fully saturated rings. The van der Waals surface area contributed by atoms with E-state index in [9.17, 15) is 0 Å². The van der Waals surface area contributed by atoms with Crippen LogP contribution in [0.5, 0.6) is 0 Å². The van der Waals surface area contributed by atoms with Gasteiger partial charge in [-0.2, -0.15) is 0 Å². The Bertz CT molecular complexity index is 552. The molecular formula is C22H30. The molecule has 0 aliphatic heterocycles. The average molecular weight is 294 g/mol. The third-order valence-corrected chi connectivity index (χ3v) is 4.82. The summed E-state index contributed by atoms with van der Waals surface area (Å²) in [5, 5.41) is 0. The third-order valence-electron chi connectivity index (χ3n) is 4.82. The SMILES string of the molecule is CCCc1cccc(CCc2cccc(CCC)c2C)c1C. The van der Waals surface area contributed by atoms with Gasteiger partial charge >= 0.3 is 0 Å². The van der Waals surface area contributed by atoms with Gasteiger partial charge in [0.25, 0.3) is 0 Å². The number of rotatable bonds is 7. The molecule has 118 valence electrons. The highest BCUT2D eigenvalue weighted by molar-refractivity contribution is 5.37. The minimum absolute atomic E-state index is 1.15. The second-order valence-electron chi connectivity index (χ2n) is 6.40. The molecule has 2 aromatic carbocycles. The lowest BCUT2D eigenvalue weighted by molar-refractivity contribution is 0.878. The van der Waals surface area contributed by atoms with Gasteiger partial charge in [0.2, 0.25) is 0 Å². The topological polar surface area (TPSA) is 0 Å². The Morgan fingerprint density at radius 1 is 0.545 bits per heavy atom. The predicted octanol–water partition coefficient (Wildman–Crippen LogP) is 5.99. The molecule has 0 radical (unpaired) electrons. The van der Waals surface area contributed by atoms with E-state index in [4.69, 9.17) is 0 Å². The van der Waals surface area contributed by atoms with Crippen molar-refractivity contribution in [2.45, 2.75) is 66.2 Å². The van der Waals surface area contributed by atoms with Crippen LogP contribution < -0.4 is 0 Å². The largest absolute Gasteiger partial charge is 0.0651 e. The molecule has 2 rings (SSSR count). The summed E-state index contributed by atoms with van der Waals surface area (Å²) in [6.07, 6.45) is 7.15. The summed E-state index contributed by atoms with van der Waals surface area (Å²) < 4.78 is 0. The quantitative estimate of drug-likeness (QED) is 0.588. The summed E-state index contributed by atoms with van der Waals surface area (Å²) in [5.41, 5.74) is 9.10. The van der Waals surface area contributed by atoms with Crippen LogP contribution in [0.25, 0.3) is 0 Å². The Morgan fingerprint density at radius 2 is 0.864 bits per heavy atom. The third kappa shape index (κ3) is 4.00. The smallest absolute Gasteiger partial charge is 0.0235 e. The lowest BCUT2D eigenvalue weighted by atomic mass is 9.92. The molecule has 0 unspecified atom stereocenters. The maximum atomic E-state index is 2.31. The molecule has 0 amide bonds. The van der Waals surface area contributed by atoms with E-state index in [-0.39, 0.29) is 0 Å². The minimum atomic E-state index is 1.15. The second kappa shape index (κ2) is 8.17. The first kappa shape index (κ1) is 16.8. The zero-order chi connectivity index (χ0) is 15.9. The average Bonchev–Trinajstić information content (AvgIpc) is 2.52. The molecule has 0 aliphatic rings. The van der Waals surface area contributed by atoms with Crippen LogP contribution in [0, 0.1) is 13.8 Å². The van der Waals surface area contributed by atoms with Crippen molar-refractivity contribution in [2.75, 3.05) is 0 Å². The molecule has 0 spiro atoms. The highest BCUT2D eigenvalue weighted by atomic mass is 14.1. The fraction of sp³-hybridized carbons (Fsp3) is 0.455. The van der Waals surface area contributed by atoms with E-state index in [1.807, 2.05) is 0 Å². The molecule has 0 atom stereocenters. The lowest BCUT2D eigenvalue weighted by Gasteiger charge is -2.13. The molecule has 0 heteroatoms. The van der Waals surface area contributed by atoms with Crippen LogP contribution in [0.15, 0.2) is 36.4 Å². The molecule has 0 aliphatic carbocycles. The zero-order valence-electron chi connectivity index (χ0n) is 14.7. The van der Waals surface area contributed by atoms with Gasteiger partial charge in [-0.05, 0) is 72.9 Å². The highest BCUT2D eigenvalue weighted by Crippen LogP contribution is 2.20. The van der Waals surface area contributed by atoms with E-state index in [0.717, 1.165) is 12.8 Å². The summed E-state index contributed by atoms with van der Waals surface area (Å²) in [7, 11) is 0. The fourth-order valence-corrected chi connectivity index (χ4v) is 3.36. The van der Waals surface area contributed by atoms with Gasteiger partial charge in [0.1, 0.15) is 0 Å². The Kier molecular flexibility index (Phi) is 6.24. The Balaban J connectivity index is 2.14. The van der Waals surface area contributed by atoms with E-state index in [0.29, 0.717) is 0 Å². The number of benzene rings is 2. The van der Waals surface area contributed by atoms with Gasteiger partial charge in [0, 0.05) is 0 Å². The zero-order valence-corrected chi connectivity index (χ0v) is 14.7. The van der Waals surface area contributed by atoms with Crippen molar-refractivity contribution in [3.63, 3.8) is 0 Å². The van der Waals surface area contributed by atoms with Crippen molar-refractivity contribution in [1.82, 2.24) is 0 Å². The monoisotopic (exact) mass is 294 g/mol. The second-order valence-corrected chi connectivity index (χ2v) is 6.40. The normalized spacial score (nSPS) is 10.9. The van der Waals surface area contributed by atoms with Crippen molar-refractivity contribution in [3.05, 3.63) is 69.8 Å². The van der Waals surface area contributed by atoms with E-state index in [2.05, 4.69) is 64.1 Å². The summed E-state index contributed by atoms with van der Waals surface area (Å²) in [4.78, 5) is 0. The van der Waals surface area contributed by atoms with Crippen LogP contribution in [-0.4, -0.2) is 0 Å². The van der Waals surface area contributed by atoms with Crippen LogP contribution in [-0.2, 0) is 25.7 Å². The fourth-order valence-electron chi connectivity index (χ4n) is 3.36. The molecule has 0 nitrogen and oxygen atoms in total. The first-order valence-electron chi connectivity index (χ1n) is 8.82. The molecule has 22 heavy (non-hydrogen) atoms. The van der Waals surface area contributed by atoms with Gasteiger partial charge in [-0.25, -0.2) is 0 Å².